The van der Waals surface area contributed by atoms with Gasteiger partial charge in [0.15, 0.2) is 0 Å². The second-order valence-corrected chi connectivity index (χ2v) is 3.34. The Balaban J connectivity index is 2.94. The molecule has 0 saturated carbocycles. The Labute approximate surface area is 72.7 Å². The molecule has 1 heterocycles. The quantitative estimate of drug-likeness (QED) is 0.712. The van der Waals surface area contributed by atoms with Gasteiger partial charge >= 0.3 is 0 Å². The molecule has 0 unspecified atom stereocenters. The molecule has 0 bridgehead atoms. The lowest BCUT2D eigenvalue weighted by Crippen LogP contribution is -1.69. The van der Waals surface area contributed by atoms with Crippen LogP contribution in [0.25, 0.3) is 10.9 Å². The summed E-state index contributed by atoms with van der Waals surface area (Å²) in [5.74, 6) is 0. The molecule has 3 heteroatoms. The first-order chi connectivity index (χ1) is 5.29. The molecule has 11 heavy (non-hydrogen) atoms. The first kappa shape index (κ1) is 6.85. The Hall–Kier alpha value is -0.830. The number of aryl methyl sites for hydroxylation is 1. The van der Waals surface area contributed by atoms with Crippen LogP contribution in [0.3, 0.4) is 0 Å². The number of nitrogens with one attached hydrogen (secondary N) is 1. The van der Waals surface area contributed by atoms with Gasteiger partial charge in [0.05, 0.1) is 0 Å². The van der Waals surface area contributed by atoms with Crippen LogP contribution in [0.5, 0.6) is 0 Å². The van der Waals surface area contributed by atoms with Crippen molar-refractivity contribution in [1.82, 2.24) is 10.2 Å². The van der Waals surface area contributed by atoms with Crippen LogP contribution >= 0.6 is 15.9 Å². The van der Waals surface area contributed by atoms with E-state index in [1.807, 2.05) is 19.1 Å². The average Bonchev–Trinajstić information content (AvgIpc) is 2.35. The van der Waals surface area contributed by atoms with E-state index >= 15 is 0 Å². The van der Waals surface area contributed by atoms with Crippen LogP contribution in [0.1, 0.15) is 5.69 Å². The number of H-pyrrole nitrogens is 1. The van der Waals surface area contributed by atoms with Crippen LogP contribution in [0.15, 0.2) is 22.7 Å². The molecule has 2 nitrogen and oxygen atoms in total. The van der Waals surface area contributed by atoms with Crippen LogP contribution in [0, 0.1) is 6.92 Å². The molecule has 1 N–H and O–H groups in total. The number of aromatic amines is 1. The molecule has 2 aromatic rings. The molecule has 0 spiro atoms. The number of benzene rings is 1. The van der Waals surface area contributed by atoms with Crippen LogP contribution < -0.4 is 0 Å². The Morgan fingerprint density at radius 1 is 1.45 bits per heavy atom. The van der Waals surface area contributed by atoms with Gasteiger partial charge in [0.2, 0.25) is 0 Å². The van der Waals surface area contributed by atoms with E-state index in [1.54, 1.807) is 0 Å². The number of nitrogens with zero attached hydrogens (tertiary/aromatic N) is 1. The van der Waals surface area contributed by atoms with Gasteiger partial charge in [-0.3, -0.25) is 5.10 Å². The number of hydrogen-bond acceptors (Lipinski definition) is 1. The van der Waals surface area contributed by atoms with E-state index in [0.717, 1.165) is 15.7 Å². The third kappa shape index (κ3) is 0.959. The molecule has 1 aromatic carbocycles. The zero-order valence-corrected chi connectivity index (χ0v) is 7.64. The summed E-state index contributed by atoms with van der Waals surface area (Å²) in [7, 11) is 0. The molecule has 0 atom stereocenters. The Kier molecular flexibility index (Phi) is 1.46. The zero-order valence-electron chi connectivity index (χ0n) is 6.06. The minimum atomic E-state index is 1.00. The van der Waals surface area contributed by atoms with Gasteiger partial charge in [0.25, 0.3) is 0 Å². The Morgan fingerprint density at radius 2 is 2.27 bits per heavy atom. The molecular formula is C8H7BrN2. The lowest BCUT2D eigenvalue weighted by atomic mass is 10.2. The van der Waals surface area contributed by atoms with Crippen molar-refractivity contribution in [2.75, 3.05) is 0 Å². The summed E-state index contributed by atoms with van der Waals surface area (Å²) < 4.78 is 1.04. The summed E-state index contributed by atoms with van der Waals surface area (Å²) in [6.45, 7) is 2.02. The van der Waals surface area contributed by atoms with Crippen molar-refractivity contribution in [3.05, 3.63) is 28.4 Å². The molecule has 1 aromatic heterocycles. The zero-order chi connectivity index (χ0) is 7.84. The fourth-order valence-corrected chi connectivity index (χ4v) is 1.59. The van der Waals surface area contributed by atoms with Gasteiger partial charge in [-0.25, -0.2) is 0 Å². The average molecular weight is 211 g/mol. The second-order valence-electron chi connectivity index (χ2n) is 2.48. The predicted octanol–water partition coefficient (Wildman–Crippen LogP) is 2.63. The number of halogens is 1. The number of aromatic nitrogens is 2. The molecule has 2 rings (SSSR count). The van der Waals surface area contributed by atoms with Crippen LogP contribution in [-0.2, 0) is 0 Å². The molecule has 56 valence electrons. The van der Waals surface area contributed by atoms with Crippen molar-refractivity contribution in [2.24, 2.45) is 0 Å². The van der Waals surface area contributed by atoms with E-state index in [-0.39, 0.29) is 0 Å². The summed E-state index contributed by atoms with van der Waals surface area (Å²) in [5.41, 5.74) is 2.12. The SMILES string of the molecule is Cc1[nH]nc2c(Br)cccc12. The van der Waals surface area contributed by atoms with E-state index in [0.29, 0.717) is 0 Å². The smallest absolute Gasteiger partial charge is 0.106 e. The third-order valence-electron chi connectivity index (χ3n) is 1.73. The van der Waals surface area contributed by atoms with Gasteiger partial charge in [-0.05, 0) is 28.9 Å². The fraction of sp³-hybridized carbons (Fsp3) is 0.125. The van der Waals surface area contributed by atoms with Crippen molar-refractivity contribution in [3.8, 4) is 0 Å². The molecule has 0 saturated heterocycles. The van der Waals surface area contributed by atoms with E-state index in [1.165, 1.54) is 5.39 Å². The predicted molar refractivity (Wildman–Crippen MR) is 48.5 cm³/mol. The highest BCUT2D eigenvalue weighted by molar-refractivity contribution is 9.10. The highest BCUT2D eigenvalue weighted by Crippen LogP contribution is 2.22. The van der Waals surface area contributed by atoms with Gasteiger partial charge in [0, 0.05) is 15.6 Å². The maximum atomic E-state index is 4.15. The van der Waals surface area contributed by atoms with Crippen LogP contribution in [0.2, 0.25) is 0 Å². The Bertz CT molecular complexity index is 392. The van der Waals surface area contributed by atoms with Gasteiger partial charge in [-0.1, -0.05) is 12.1 Å². The summed E-state index contributed by atoms with van der Waals surface area (Å²) in [6, 6.07) is 6.05. The first-order valence-corrected chi connectivity index (χ1v) is 4.17. The number of para-hydroxylation sites is 1. The maximum absolute atomic E-state index is 4.15. The van der Waals surface area contributed by atoms with E-state index in [9.17, 15) is 0 Å². The third-order valence-corrected chi connectivity index (χ3v) is 2.37. The molecule has 0 aliphatic carbocycles. The van der Waals surface area contributed by atoms with Crippen molar-refractivity contribution in [2.45, 2.75) is 6.92 Å². The van der Waals surface area contributed by atoms with Gasteiger partial charge < -0.3 is 0 Å². The van der Waals surface area contributed by atoms with Gasteiger partial charge in [-0.2, -0.15) is 5.10 Å². The Morgan fingerprint density at radius 3 is 3.00 bits per heavy atom. The van der Waals surface area contributed by atoms with E-state index in [2.05, 4.69) is 32.2 Å². The molecule has 0 radical (unpaired) electrons. The largest absolute Gasteiger partial charge is 0.282 e. The molecule has 0 amide bonds. The summed E-state index contributed by atoms with van der Waals surface area (Å²) >= 11 is 3.43. The minimum absolute atomic E-state index is 1.00. The maximum Gasteiger partial charge on any atom is 0.106 e. The highest BCUT2D eigenvalue weighted by atomic mass is 79.9. The minimum Gasteiger partial charge on any atom is -0.282 e. The number of hydrogen-bond donors (Lipinski definition) is 1. The van der Waals surface area contributed by atoms with Crippen molar-refractivity contribution in [1.29, 1.82) is 0 Å². The monoisotopic (exact) mass is 210 g/mol. The van der Waals surface area contributed by atoms with E-state index < -0.39 is 0 Å². The van der Waals surface area contributed by atoms with Crippen molar-refractivity contribution >= 4 is 26.8 Å². The lowest BCUT2D eigenvalue weighted by Gasteiger charge is -1.90. The molecule has 0 aliphatic heterocycles. The summed E-state index contributed by atoms with van der Waals surface area (Å²) in [4.78, 5) is 0. The molecule has 0 aliphatic rings. The first-order valence-electron chi connectivity index (χ1n) is 3.38. The van der Waals surface area contributed by atoms with Crippen molar-refractivity contribution < 1.29 is 0 Å². The van der Waals surface area contributed by atoms with Gasteiger partial charge in [-0.15, -0.1) is 0 Å². The highest BCUT2D eigenvalue weighted by Gasteiger charge is 2.02. The van der Waals surface area contributed by atoms with Crippen molar-refractivity contribution in [3.63, 3.8) is 0 Å². The van der Waals surface area contributed by atoms with Gasteiger partial charge in [0.1, 0.15) is 5.52 Å². The number of rotatable bonds is 0. The second kappa shape index (κ2) is 2.34. The standard InChI is InChI=1S/C8H7BrN2/c1-5-6-3-2-4-7(9)8(6)11-10-5/h2-4H,1H3,(H,10,11). The lowest BCUT2D eigenvalue weighted by molar-refractivity contribution is 1.07. The normalized spacial score (nSPS) is 10.7. The fourth-order valence-electron chi connectivity index (χ4n) is 1.13. The van der Waals surface area contributed by atoms with Crippen LogP contribution in [-0.4, -0.2) is 10.2 Å². The molecular weight excluding hydrogens is 204 g/mol. The number of fused-ring (bicyclic) bond motifs is 1. The topological polar surface area (TPSA) is 28.7 Å². The molecule has 0 fully saturated rings. The summed E-state index contributed by atoms with van der Waals surface area (Å²) in [5, 5.41) is 8.26. The van der Waals surface area contributed by atoms with E-state index in [4.69, 9.17) is 0 Å². The van der Waals surface area contributed by atoms with Crippen LogP contribution in [0.4, 0.5) is 0 Å². The summed E-state index contributed by atoms with van der Waals surface area (Å²) in [6.07, 6.45) is 0.